The molecule has 0 aromatic heterocycles. The summed E-state index contributed by atoms with van der Waals surface area (Å²) >= 11 is 0. The van der Waals surface area contributed by atoms with E-state index in [0.29, 0.717) is 11.4 Å². The van der Waals surface area contributed by atoms with Gasteiger partial charge in [-0.1, -0.05) is 0 Å². The van der Waals surface area contributed by atoms with Gasteiger partial charge in [0.15, 0.2) is 0 Å². The van der Waals surface area contributed by atoms with Gasteiger partial charge < -0.3 is 21.5 Å². The molecule has 1 atom stereocenters. The molecule has 110 valence electrons. The number of amides is 1. The third kappa shape index (κ3) is 4.46. The summed E-state index contributed by atoms with van der Waals surface area (Å²) in [5.74, 6) is -1.29. The van der Waals surface area contributed by atoms with Crippen LogP contribution in [0, 0.1) is 0 Å². The minimum Gasteiger partial charge on any atom is -0.478 e. The quantitative estimate of drug-likeness (QED) is 0.628. The first-order valence-corrected chi connectivity index (χ1v) is 6.31. The molecule has 5 N–H and O–H groups in total. The van der Waals surface area contributed by atoms with Crippen molar-refractivity contribution in [2.45, 2.75) is 39.3 Å². The second-order valence-corrected chi connectivity index (χ2v) is 5.72. The Hall–Kier alpha value is -2.24. The molecule has 20 heavy (non-hydrogen) atoms. The SMILES string of the molecule is CC(Nc1cc(N)ccc1C(=O)O)C(=O)NC(C)(C)C. The fourth-order valence-corrected chi connectivity index (χ4v) is 1.64. The number of hydrogen-bond donors (Lipinski definition) is 4. The van der Waals surface area contributed by atoms with Crippen molar-refractivity contribution >= 4 is 23.3 Å². The average molecular weight is 279 g/mol. The number of carboxylic acid groups (broad SMARTS) is 1. The highest BCUT2D eigenvalue weighted by Gasteiger charge is 2.20. The molecule has 0 aliphatic carbocycles. The summed E-state index contributed by atoms with van der Waals surface area (Å²) in [6.07, 6.45) is 0. The maximum Gasteiger partial charge on any atom is 0.337 e. The van der Waals surface area contributed by atoms with E-state index >= 15 is 0 Å². The number of nitrogen functional groups attached to an aromatic ring is 1. The van der Waals surface area contributed by atoms with Crippen molar-refractivity contribution < 1.29 is 14.7 Å². The molecule has 0 heterocycles. The van der Waals surface area contributed by atoms with Gasteiger partial charge in [-0.2, -0.15) is 0 Å². The van der Waals surface area contributed by atoms with Crippen LogP contribution in [0.4, 0.5) is 11.4 Å². The van der Waals surface area contributed by atoms with Crippen molar-refractivity contribution in [2.24, 2.45) is 0 Å². The zero-order chi connectivity index (χ0) is 15.5. The summed E-state index contributed by atoms with van der Waals surface area (Å²) in [4.78, 5) is 23.1. The lowest BCUT2D eigenvalue weighted by Crippen LogP contribution is -2.47. The van der Waals surface area contributed by atoms with E-state index < -0.39 is 12.0 Å². The second-order valence-electron chi connectivity index (χ2n) is 5.72. The van der Waals surface area contributed by atoms with Crippen molar-refractivity contribution in [1.29, 1.82) is 0 Å². The van der Waals surface area contributed by atoms with E-state index in [1.807, 2.05) is 20.8 Å². The van der Waals surface area contributed by atoms with Gasteiger partial charge in [0.25, 0.3) is 0 Å². The Morgan fingerprint density at radius 2 is 1.90 bits per heavy atom. The van der Waals surface area contributed by atoms with Crippen LogP contribution in [-0.2, 0) is 4.79 Å². The van der Waals surface area contributed by atoms with Crippen molar-refractivity contribution in [3.63, 3.8) is 0 Å². The van der Waals surface area contributed by atoms with Gasteiger partial charge in [0.2, 0.25) is 5.91 Å². The molecule has 0 saturated carbocycles. The zero-order valence-electron chi connectivity index (χ0n) is 12.2. The van der Waals surface area contributed by atoms with E-state index in [-0.39, 0.29) is 17.0 Å². The first-order valence-electron chi connectivity index (χ1n) is 6.31. The molecule has 1 rings (SSSR count). The first-order chi connectivity index (χ1) is 9.10. The number of nitrogens with two attached hydrogens (primary N) is 1. The Bertz CT molecular complexity index is 521. The molecular formula is C14H21N3O3. The average Bonchev–Trinajstić information content (AvgIpc) is 2.26. The lowest BCUT2D eigenvalue weighted by Gasteiger charge is -2.24. The highest BCUT2D eigenvalue weighted by atomic mass is 16.4. The van der Waals surface area contributed by atoms with Crippen LogP contribution in [0.15, 0.2) is 18.2 Å². The Kier molecular flexibility index (Phi) is 4.60. The van der Waals surface area contributed by atoms with Gasteiger partial charge in [-0.25, -0.2) is 4.79 Å². The molecule has 1 unspecified atom stereocenters. The predicted octanol–water partition coefficient (Wildman–Crippen LogP) is 1.68. The number of anilines is 2. The molecule has 0 aliphatic heterocycles. The topological polar surface area (TPSA) is 104 Å². The van der Waals surface area contributed by atoms with Gasteiger partial charge in [0, 0.05) is 11.2 Å². The van der Waals surface area contributed by atoms with E-state index in [4.69, 9.17) is 10.8 Å². The molecule has 0 radical (unpaired) electrons. The Morgan fingerprint density at radius 3 is 2.40 bits per heavy atom. The summed E-state index contributed by atoms with van der Waals surface area (Å²) < 4.78 is 0. The molecule has 0 aliphatic rings. The molecule has 0 fully saturated rings. The van der Waals surface area contributed by atoms with Crippen LogP contribution in [0.1, 0.15) is 38.1 Å². The Balaban J connectivity index is 2.90. The van der Waals surface area contributed by atoms with E-state index in [9.17, 15) is 9.59 Å². The van der Waals surface area contributed by atoms with Crippen LogP contribution >= 0.6 is 0 Å². The summed E-state index contributed by atoms with van der Waals surface area (Å²) in [6.45, 7) is 7.29. The molecule has 0 saturated heterocycles. The number of carbonyl (C=O) groups is 2. The zero-order valence-corrected chi connectivity index (χ0v) is 12.2. The summed E-state index contributed by atoms with van der Waals surface area (Å²) in [7, 11) is 0. The van der Waals surface area contributed by atoms with Gasteiger partial charge >= 0.3 is 5.97 Å². The fourth-order valence-electron chi connectivity index (χ4n) is 1.64. The number of nitrogens with one attached hydrogen (secondary N) is 2. The molecule has 1 amide bonds. The molecule has 0 spiro atoms. The van der Waals surface area contributed by atoms with Crippen LogP contribution in [0.5, 0.6) is 0 Å². The highest BCUT2D eigenvalue weighted by Crippen LogP contribution is 2.20. The number of carbonyl (C=O) groups excluding carboxylic acids is 1. The van der Waals surface area contributed by atoms with Crippen molar-refractivity contribution in [3.05, 3.63) is 23.8 Å². The smallest absolute Gasteiger partial charge is 0.337 e. The van der Waals surface area contributed by atoms with Crippen LogP contribution in [0.2, 0.25) is 0 Å². The Labute approximate surface area is 118 Å². The predicted molar refractivity (Wildman–Crippen MR) is 78.8 cm³/mol. The summed E-state index contributed by atoms with van der Waals surface area (Å²) in [6, 6.07) is 3.85. The van der Waals surface area contributed by atoms with Crippen molar-refractivity contribution in [3.8, 4) is 0 Å². The molecule has 1 aromatic rings. The summed E-state index contributed by atoms with van der Waals surface area (Å²) in [5.41, 5.74) is 6.14. The van der Waals surface area contributed by atoms with Crippen molar-refractivity contribution in [1.82, 2.24) is 5.32 Å². The highest BCUT2D eigenvalue weighted by molar-refractivity contribution is 5.96. The number of hydrogen-bond acceptors (Lipinski definition) is 4. The van der Waals surface area contributed by atoms with E-state index in [1.165, 1.54) is 18.2 Å². The molecule has 6 nitrogen and oxygen atoms in total. The fraction of sp³-hybridized carbons (Fsp3) is 0.429. The largest absolute Gasteiger partial charge is 0.478 e. The second kappa shape index (κ2) is 5.81. The first kappa shape index (κ1) is 15.8. The van der Waals surface area contributed by atoms with Gasteiger partial charge in [-0.15, -0.1) is 0 Å². The van der Waals surface area contributed by atoms with Crippen LogP contribution in [0.3, 0.4) is 0 Å². The lowest BCUT2D eigenvalue weighted by molar-refractivity contribution is -0.122. The van der Waals surface area contributed by atoms with Crippen LogP contribution in [-0.4, -0.2) is 28.6 Å². The third-order valence-corrected chi connectivity index (χ3v) is 2.54. The number of carboxylic acids is 1. The molecule has 6 heteroatoms. The van der Waals surface area contributed by atoms with Gasteiger partial charge in [0.05, 0.1) is 11.3 Å². The van der Waals surface area contributed by atoms with Crippen molar-refractivity contribution in [2.75, 3.05) is 11.1 Å². The minimum absolute atomic E-state index is 0.0783. The monoisotopic (exact) mass is 279 g/mol. The maximum absolute atomic E-state index is 12.0. The van der Waals surface area contributed by atoms with Gasteiger partial charge in [0.1, 0.15) is 6.04 Å². The van der Waals surface area contributed by atoms with E-state index in [1.54, 1.807) is 6.92 Å². The molecule has 0 bridgehead atoms. The maximum atomic E-state index is 12.0. The van der Waals surface area contributed by atoms with Gasteiger partial charge in [-0.05, 0) is 45.9 Å². The van der Waals surface area contributed by atoms with E-state index in [0.717, 1.165) is 0 Å². The molecule has 1 aromatic carbocycles. The standard InChI is InChI=1S/C14H21N3O3/c1-8(12(18)17-14(2,3)4)16-11-7-9(15)5-6-10(11)13(19)20/h5-8,16H,15H2,1-4H3,(H,17,18)(H,19,20). The number of benzene rings is 1. The number of rotatable bonds is 4. The lowest BCUT2D eigenvalue weighted by atomic mass is 10.1. The number of aromatic carboxylic acids is 1. The minimum atomic E-state index is -1.07. The molecular weight excluding hydrogens is 258 g/mol. The van der Waals surface area contributed by atoms with Crippen LogP contribution < -0.4 is 16.4 Å². The normalized spacial score (nSPS) is 12.6. The third-order valence-electron chi connectivity index (χ3n) is 2.54. The summed E-state index contributed by atoms with van der Waals surface area (Å²) in [5, 5.41) is 14.8. The van der Waals surface area contributed by atoms with E-state index in [2.05, 4.69) is 10.6 Å². The van der Waals surface area contributed by atoms with Crippen LogP contribution in [0.25, 0.3) is 0 Å². The Morgan fingerprint density at radius 1 is 1.30 bits per heavy atom. The van der Waals surface area contributed by atoms with Gasteiger partial charge in [-0.3, -0.25) is 4.79 Å².